The largest absolute Gasteiger partial charge is 0.506 e. The summed E-state index contributed by atoms with van der Waals surface area (Å²) >= 11 is 0. The molecule has 269 valence electrons. The van der Waals surface area contributed by atoms with E-state index >= 15 is 0 Å². The Morgan fingerprint density at radius 1 is 0.592 bits per heavy atom. The summed E-state index contributed by atoms with van der Waals surface area (Å²) in [5, 5.41) is 65.5. The van der Waals surface area contributed by atoms with Gasteiger partial charge >= 0.3 is 0 Å². The van der Waals surface area contributed by atoms with Crippen LogP contribution in [0.5, 0.6) is 23.3 Å². The molecule has 1 radical (unpaired) electrons. The average Bonchev–Trinajstić information content (AvgIpc) is 3.48. The molecule has 2 aromatic carbocycles. The zero-order valence-electron chi connectivity index (χ0n) is 30.4. The van der Waals surface area contributed by atoms with Crippen molar-refractivity contribution >= 4 is 22.7 Å². The van der Waals surface area contributed by atoms with Crippen molar-refractivity contribution in [1.29, 1.82) is 0 Å². The van der Waals surface area contributed by atoms with Gasteiger partial charge in [-0.2, -0.15) is 10.2 Å². The third-order valence-corrected chi connectivity index (χ3v) is 8.90. The fourth-order valence-electron chi connectivity index (χ4n) is 4.80. The Labute approximate surface area is 300 Å². The maximum Gasteiger partial charge on any atom is 0.238 e. The molecule has 4 N–H and O–H groups in total. The van der Waals surface area contributed by atoms with Gasteiger partial charge in [-0.25, -0.2) is 9.36 Å². The normalized spacial score (nSPS) is 12.0. The second kappa shape index (κ2) is 17.4. The van der Waals surface area contributed by atoms with Gasteiger partial charge in [0.05, 0.1) is 11.4 Å². The molecular formula is C36H52CoN8O4. The second-order valence-electron chi connectivity index (χ2n) is 13.3. The molecule has 0 bridgehead atoms. The number of aromatic nitrogens is 4. The van der Waals surface area contributed by atoms with E-state index in [1.165, 1.54) is 9.36 Å². The first-order valence-electron chi connectivity index (χ1n) is 16.6. The number of hydrogen-bond acceptors (Lipinski definition) is 10. The van der Waals surface area contributed by atoms with Crippen molar-refractivity contribution in [3.05, 3.63) is 58.9 Å². The van der Waals surface area contributed by atoms with Crippen LogP contribution < -0.4 is 0 Å². The first kappa shape index (κ1) is 40.9. The third kappa shape index (κ3) is 9.91. The summed E-state index contributed by atoms with van der Waals surface area (Å²) in [5.74, 6) is 0.0862. The predicted molar refractivity (Wildman–Crippen MR) is 189 cm³/mol. The van der Waals surface area contributed by atoms with Crippen molar-refractivity contribution in [2.75, 3.05) is 0 Å². The van der Waals surface area contributed by atoms with Gasteiger partial charge in [-0.3, -0.25) is 0 Å². The van der Waals surface area contributed by atoms with E-state index in [1.807, 2.05) is 38.1 Å². The van der Waals surface area contributed by atoms with Crippen LogP contribution in [0.4, 0.5) is 22.7 Å². The van der Waals surface area contributed by atoms with Crippen molar-refractivity contribution in [3.8, 4) is 23.3 Å². The maximum absolute atomic E-state index is 10.1. The van der Waals surface area contributed by atoms with Gasteiger partial charge in [-0.05, 0) is 71.9 Å². The molecule has 0 aliphatic carbocycles. The molecule has 12 nitrogen and oxygen atoms in total. The minimum atomic E-state index is -0.0215. The number of aryl methyl sites for hydroxylation is 4. The molecule has 0 saturated heterocycles. The Morgan fingerprint density at radius 3 is 1.24 bits per heavy atom. The summed E-state index contributed by atoms with van der Waals surface area (Å²) in [7, 11) is 3.32. The Balaban J connectivity index is 0.000000333. The van der Waals surface area contributed by atoms with Crippen LogP contribution in [0.15, 0.2) is 56.9 Å². The van der Waals surface area contributed by atoms with Gasteiger partial charge in [0.2, 0.25) is 11.8 Å². The summed E-state index contributed by atoms with van der Waals surface area (Å²) in [5.41, 5.74) is 5.04. The quantitative estimate of drug-likeness (QED) is 0.106. The molecule has 0 aliphatic heterocycles. The van der Waals surface area contributed by atoms with Crippen LogP contribution in [-0.2, 0) is 54.5 Å². The standard InChI is InChI=1S/2C18H26N4O2.Co/c2*1-6-8-13-16(17(24)22(5)21-13)20-19-14-11-12(9-10-15(14)23)18(3,4)7-2;/h2*9-11,23-24H,6-8H2,1-5H3;. The summed E-state index contributed by atoms with van der Waals surface area (Å²) < 4.78 is 2.77. The summed E-state index contributed by atoms with van der Waals surface area (Å²) in [4.78, 5) is 0. The van der Waals surface area contributed by atoms with E-state index in [0.717, 1.165) is 36.8 Å². The van der Waals surface area contributed by atoms with Gasteiger partial charge in [0.1, 0.15) is 22.9 Å². The SMILES string of the molecule is CCCc1nn(C)c(O)c1N=Nc1cc(C(C)(C)CC)ccc1O.CCCc1nn(C)c(O)c1N=Nc1cc(C(C)(C)CC)ccc1O.[Co]. The minimum absolute atomic E-state index is 0. The fraction of sp³-hybridized carbons (Fsp3) is 0.500. The van der Waals surface area contributed by atoms with Crippen LogP contribution in [0, 0.1) is 0 Å². The van der Waals surface area contributed by atoms with Crippen molar-refractivity contribution in [1.82, 2.24) is 19.6 Å². The second-order valence-corrected chi connectivity index (χ2v) is 13.3. The molecule has 0 spiro atoms. The van der Waals surface area contributed by atoms with Crippen molar-refractivity contribution in [2.24, 2.45) is 34.6 Å². The number of aromatic hydroxyl groups is 4. The van der Waals surface area contributed by atoms with Crippen LogP contribution in [0.3, 0.4) is 0 Å². The van der Waals surface area contributed by atoms with Crippen LogP contribution >= 0.6 is 0 Å². The zero-order valence-corrected chi connectivity index (χ0v) is 31.4. The molecule has 0 amide bonds. The van der Waals surface area contributed by atoms with E-state index in [9.17, 15) is 20.4 Å². The zero-order chi connectivity index (χ0) is 35.8. The molecule has 0 atom stereocenters. The van der Waals surface area contributed by atoms with E-state index in [2.05, 4.69) is 72.2 Å². The molecule has 0 saturated carbocycles. The van der Waals surface area contributed by atoms with Gasteiger partial charge in [0.25, 0.3) is 0 Å². The molecule has 13 heteroatoms. The minimum Gasteiger partial charge on any atom is -0.506 e. The van der Waals surface area contributed by atoms with E-state index in [0.29, 0.717) is 47.0 Å². The fourth-order valence-corrected chi connectivity index (χ4v) is 4.80. The monoisotopic (exact) mass is 719 g/mol. The topological polar surface area (TPSA) is 166 Å². The Bertz CT molecular complexity index is 1630. The third-order valence-electron chi connectivity index (χ3n) is 8.90. The first-order chi connectivity index (χ1) is 22.6. The van der Waals surface area contributed by atoms with Gasteiger partial charge in [0.15, 0.2) is 11.4 Å². The van der Waals surface area contributed by atoms with Gasteiger partial charge < -0.3 is 20.4 Å². The molecule has 4 aromatic rings. The molecule has 2 aromatic heterocycles. The van der Waals surface area contributed by atoms with Crippen LogP contribution in [0.1, 0.15) is 104 Å². The van der Waals surface area contributed by atoms with E-state index in [1.54, 1.807) is 26.2 Å². The maximum atomic E-state index is 10.1. The molecule has 49 heavy (non-hydrogen) atoms. The molecule has 0 aliphatic rings. The van der Waals surface area contributed by atoms with Crippen molar-refractivity contribution in [2.45, 2.75) is 105 Å². The number of phenols is 2. The predicted octanol–water partition coefficient (Wildman–Crippen LogP) is 9.77. The summed E-state index contributed by atoms with van der Waals surface area (Å²) in [6.07, 6.45) is 5.14. The van der Waals surface area contributed by atoms with Gasteiger partial charge in [-0.1, -0.05) is 80.4 Å². The van der Waals surface area contributed by atoms with Crippen molar-refractivity contribution in [3.63, 3.8) is 0 Å². The smallest absolute Gasteiger partial charge is 0.238 e. The molecule has 0 fully saturated rings. The number of phenolic OH excluding ortho intramolecular Hbond substituents is 2. The number of azo groups is 2. The summed E-state index contributed by atoms with van der Waals surface area (Å²) in [6.45, 7) is 16.9. The van der Waals surface area contributed by atoms with E-state index in [4.69, 9.17) is 0 Å². The van der Waals surface area contributed by atoms with Crippen molar-refractivity contribution < 1.29 is 37.2 Å². The summed E-state index contributed by atoms with van der Waals surface area (Å²) in [6, 6.07) is 10.8. The molecular weight excluding hydrogens is 667 g/mol. The Kier molecular flexibility index (Phi) is 14.6. The van der Waals surface area contributed by atoms with E-state index < -0.39 is 0 Å². The van der Waals surface area contributed by atoms with Crippen LogP contribution in [0.25, 0.3) is 0 Å². The van der Waals surface area contributed by atoms with E-state index in [-0.39, 0.29) is 50.9 Å². The Morgan fingerprint density at radius 2 is 0.939 bits per heavy atom. The van der Waals surface area contributed by atoms with Crippen LogP contribution in [-0.4, -0.2) is 40.0 Å². The number of benzene rings is 2. The molecule has 2 heterocycles. The first-order valence-corrected chi connectivity index (χ1v) is 16.6. The number of rotatable bonds is 12. The molecule has 0 unspecified atom stereocenters. The number of hydrogen-bond donors (Lipinski definition) is 4. The van der Waals surface area contributed by atoms with Gasteiger partial charge in [-0.15, -0.1) is 20.5 Å². The van der Waals surface area contributed by atoms with Gasteiger partial charge in [0, 0.05) is 30.9 Å². The average molecular weight is 720 g/mol. The molecule has 4 rings (SSSR count). The number of nitrogens with zero attached hydrogens (tertiary/aromatic N) is 8. The van der Waals surface area contributed by atoms with Crippen LogP contribution in [0.2, 0.25) is 0 Å². The Hall–Kier alpha value is -4.23.